The van der Waals surface area contributed by atoms with Crippen molar-refractivity contribution in [3.05, 3.63) is 47.8 Å². The van der Waals surface area contributed by atoms with Gasteiger partial charge in [0.1, 0.15) is 6.04 Å². The van der Waals surface area contributed by atoms with Gasteiger partial charge in [-0.3, -0.25) is 9.48 Å². The lowest BCUT2D eigenvalue weighted by Gasteiger charge is -2.13. The fourth-order valence-corrected chi connectivity index (χ4v) is 1.74. The summed E-state index contributed by atoms with van der Waals surface area (Å²) in [5.41, 5.74) is 7.72. The third kappa shape index (κ3) is 2.98. The van der Waals surface area contributed by atoms with Gasteiger partial charge in [0.25, 0.3) is 0 Å². The molecular weight excluding hydrogens is 244 g/mol. The number of nitrogens with one attached hydrogen (secondary N) is 1. The number of anilines is 1. The Kier molecular flexibility index (Phi) is 3.94. The summed E-state index contributed by atoms with van der Waals surface area (Å²) in [6, 6.07) is 6.25. The van der Waals surface area contributed by atoms with Crippen molar-refractivity contribution >= 4 is 11.6 Å². The number of para-hydroxylation sites is 1. The molecule has 1 amide bonds. The highest BCUT2D eigenvalue weighted by molar-refractivity contribution is 5.95. The van der Waals surface area contributed by atoms with Crippen molar-refractivity contribution in [3.8, 4) is 0 Å². The van der Waals surface area contributed by atoms with E-state index in [1.54, 1.807) is 48.4 Å². The maximum absolute atomic E-state index is 12.0. The van der Waals surface area contributed by atoms with Gasteiger partial charge in [-0.1, -0.05) is 18.2 Å². The van der Waals surface area contributed by atoms with Crippen LogP contribution in [-0.4, -0.2) is 20.8 Å². The Balaban J connectivity index is 2.12. The largest absolute Gasteiger partial charge is 0.392 e. The van der Waals surface area contributed by atoms with Gasteiger partial charge in [0.05, 0.1) is 12.8 Å². The predicted octanol–water partition coefficient (Wildman–Crippen LogP) is 0.551. The van der Waals surface area contributed by atoms with Gasteiger partial charge >= 0.3 is 0 Å². The van der Waals surface area contributed by atoms with E-state index in [-0.39, 0.29) is 12.5 Å². The predicted molar refractivity (Wildman–Crippen MR) is 71.1 cm³/mol. The number of rotatable bonds is 4. The number of aliphatic hydroxyl groups is 1. The topological polar surface area (TPSA) is 93.2 Å². The van der Waals surface area contributed by atoms with Gasteiger partial charge in [0.2, 0.25) is 5.91 Å². The third-order valence-electron chi connectivity index (χ3n) is 2.81. The molecule has 1 heterocycles. The van der Waals surface area contributed by atoms with Crippen LogP contribution >= 0.6 is 0 Å². The molecule has 0 saturated heterocycles. The van der Waals surface area contributed by atoms with E-state index in [9.17, 15) is 9.90 Å². The van der Waals surface area contributed by atoms with Crippen molar-refractivity contribution < 1.29 is 9.90 Å². The zero-order chi connectivity index (χ0) is 13.8. The summed E-state index contributed by atoms with van der Waals surface area (Å²) >= 11 is 0. The lowest BCUT2D eigenvalue weighted by atomic mass is 10.1. The lowest BCUT2D eigenvalue weighted by Crippen LogP contribution is -2.27. The molecule has 2 aromatic rings. The Bertz CT molecular complexity index is 580. The molecule has 0 aliphatic heterocycles. The molecule has 6 heteroatoms. The maximum Gasteiger partial charge on any atom is 0.246 e. The molecule has 0 saturated carbocycles. The van der Waals surface area contributed by atoms with Gasteiger partial charge in [0, 0.05) is 30.1 Å². The molecule has 0 fully saturated rings. The molecule has 0 aliphatic rings. The Morgan fingerprint density at radius 3 is 2.89 bits per heavy atom. The van der Waals surface area contributed by atoms with E-state index in [0.717, 1.165) is 0 Å². The number of nitrogens with two attached hydrogens (primary N) is 1. The molecule has 0 aliphatic carbocycles. The monoisotopic (exact) mass is 260 g/mol. The molecule has 0 spiro atoms. The zero-order valence-corrected chi connectivity index (χ0v) is 10.6. The normalized spacial score (nSPS) is 12.2. The van der Waals surface area contributed by atoms with E-state index in [4.69, 9.17) is 5.73 Å². The highest BCUT2D eigenvalue weighted by Crippen LogP contribution is 2.17. The van der Waals surface area contributed by atoms with Crippen LogP contribution < -0.4 is 11.1 Å². The standard InChI is InChI=1S/C13H16N4O2/c1-17-7-10(6-15-17)12(14)13(19)16-11-5-3-2-4-9(11)8-18/h2-7,12,18H,8,14H2,1H3,(H,16,19). The number of hydrogen-bond donors (Lipinski definition) is 3. The van der Waals surface area contributed by atoms with E-state index >= 15 is 0 Å². The number of aliphatic hydroxyl groups excluding tert-OH is 1. The summed E-state index contributed by atoms with van der Waals surface area (Å²) in [4.78, 5) is 12.0. The Hall–Kier alpha value is -2.18. The van der Waals surface area contributed by atoms with Crippen LogP contribution in [0.3, 0.4) is 0 Å². The number of carbonyl (C=O) groups is 1. The number of aryl methyl sites for hydroxylation is 1. The van der Waals surface area contributed by atoms with Crippen molar-refractivity contribution in [2.75, 3.05) is 5.32 Å². The van der Waals surface area contributed by atoms with E-state index in [1.807, 2.05) is 0 Å². The molecule has 19 heavy (non-hydrogen) atoms. The zero-order valence-electron chi connectivity index (χ0n) is 10.6. The van der Waals surface area contributed by atoms with Crippen molar-refractivity contribution in [2.24, 2.45) is 12.8 Å². The molecule has 4 N–H and O–H groups in total. The molecule has 0 bridgehead atoms. The second kappa shape index (κ2) is 5.64. The minimum Gasteiger partial charge on any atom is -0.392 e. The van der Waals surface area contributed by atoms with E-state index in [1.165, 1.54) is 0 Å². The molecule has 1 aromatic heterocycles. The third-order valence-corrected chi connectivity index (χ3v) is 2.81. The van der Waals surface area contributed by atoms with Gasteiger partial charge in [-0.05, 0) is 6.07 Å². The van der Waals surface area contributed by atoms with Crippen LogP contribution in [0.15, 0.2) is 36.7 Å². The summed E-state index contributed by atoms with van der Waals surface area (Å²) in [7, 11) is 1.76. The molecule has 1 atom stereocenters. The minimum absolute atomic E-state index is 0.140. The van der Waals surface area contributed by atoms with E-state index in [0.29, 0.717) is 16.8 Å². The van der Waals surface area contributed by atoms with Gasteiger partial charge in [-0.2, -0.15) is 5.10 Å². The summed E-state index contributed by atoms with van der Waals surface area (Å²) < 4.78 is 1.59. The summed E-state index contributed by atoms with van der Waals surface area (Å²) in [5, 5.41) is 15.9. The molecule has 1 aromatic carbocycles. The van der Waals surface area contributed by atoms with Crippen LogP contribution in [0, 0.1) is 0 Å². The molecular formula is C13H16N4O2. The second-order valence-electron chi connectivity index (χ2n) is 4.23. The number of benzene rings is 1. The van der Waals surface area contributed by atoms with Gasteiger partial charge < -0.3 is 16.2 Å². The van der Waals surface area contributed by atoms with Crippen molar-refractivity contribution in [2.45, 2.75) is 12.6 Å². The van der Waals surface area contributed by atoms with Crippen molar-refractivity contribution in [1.82, 2.24) is 9.78 Å². The molecule has 1 unspecified atom stereocenters. The van der Waals surface area contributed by atoms with Crippen LogP contribution in [0.2, 0.25) is 0 Å². The maximum atomic E-state index is 12.0. The Labute approximate surface area is 110 Å². The first-order valence-electron chi connectivity index (χ1n) is 5.85. The van der Waals surface area contributed by atoms with Gasteiger partial charge in [-0.25, -0.2) is 0 Å². The fraction of sp³-hybridized carbons (Fsp3) is 0.231. The Morgan fingerprint density at radius 1 is 1.53 bits per heavy atom. The van der Waals surface area contributed by atoms with Crippen molar-refractivity contribution in [3.63, 3.8) is 0 Å². The van der Waals surface area contributed by atoms with Crippen LogP contribution in [0.5, 0.6) is 0 Å². The highest BCUT2D eigenvalue weighted by atomic mass is 16.3. The van der Waals surface area contributed by atoms with Crippen LogP contribution in [-0.2, 0) is 18.4 Å². The quantitative estimate of drug-likeness (QED) is 0.748. The number of aromatic nitrogens is 2. The molecule has 2 rings (SSSR count). The smallest absolute Gasteiger partial charge is 0.246 e. The SMILES string of the molecule is Cn1cc(C(N)C(=O)Nc2ccccc2CO)cn1. The average molecular weight is 260 g/mol. The summed E-state index contributed by atoms with van der Waals surface area (Å²) in [6.45, 7) is -0.140. The van der Waals surface area contributed by atoms with Crippen LogP contribution in [0.25, 0.3) is 0 Å². The first-order chi connectivity index (χ1) is 9.11. The average Bonchev–Trinajstić information content (AvgIpc) is 2.85. The minimum atomic E-state index is -0.791. The number of carbonyl (C=O) groups excluding carboxylic acids is 1. The summed E-state index contributed by atoms with van der Waals surface area (Å²) in [5.74, 6) is -0.339. The lowest BCUT2D eigenvalue weighted by molar-refractivity contribution is -0.117. The van der Waals surface area contributed by atoms with Crippen LogP contribution in [0.4, 0.5) is 5.69 Å². The van der Waals surface area contributed by atoms with Crippen molar-refractivity contribution in [1.29, 1.82) is 0 Å². The fourth-order valence-electron chi connectivity index (χ4n) is 1.74. The van der Waals surface area contributed by atoms with E-state index < -0.39 is 6.04 Å². The highest BCUT2D eigenvalue weighted by Gasteiger charge is 2.18. The molecule has 6 nitrogen and oxygen atoms in total. The number of nitrogens with zero attached hydrogens (tertiary/aromatic N) is 2. The molecule has 100 valence electrons. The van der Waals surface area contributed by atoms with Gasteiger partial charge in [-0.15, -0.1) is 0 Å². The summed E-state index contributed by atoms with van der Waals surface area (Å²) in [6.07, 6.45) is 3.25. The molecule has 0 radical (unpaired) electrons. The Morgan fingerprint density at radius 2 is 2.26 bits per heavy atom. The first kappa shape index (κ1) is 13.3. The van der Waals surface area contributed by atoms with Crippen LogP contribution in [0.1, 0.15) is 17.2 Å². The first-order valence-corrected chi connectivity index (χ1v) is 5.85. The van der Waals surface area contributed by atoms with E-state index in [2.05, 4.69) is 10.4 Å². The second-order valence-corrected chi connectivity index (χ2v) is 4.23. The number of amides is 1. The number of hydrogen-bond acceptors (Lipinski definition) is 4. The van der Waals surface area contributed by atoms with Gasteiger partial charge in [0.15, 0.2) is 0 Å².